The summed E-state index contributed by atoms with van der Waals surface area (Å²) in [5.74, 6) is 0.950. The van der Waals surface area contributed by atoms with Crippen molar-refractivity contribution in [2.24, 2.45) is 0 Å². The Hall–Kier alpha value is -1.98. The summed E-state index contributed by atoms with van der Waals surface area (Å²) in [6.07, 6.45) is 1.44. The van der Waals surface area contributed by atoms with E-state index in [4.69, 9.17) is 11.6 Å². The third-order valence-electron chi connectivity index (χ3n) is 4.94. The average Bonchev–Trinajstić information content (AvgIpc) is 2.74. The second kappa shape index (κ2) is 12.7. The van der Waals surface area contributed by atoms with Crippen molar-refractivity contribution in [3.8, 4) is 0 Å². The highest BCUT2D eigenvalue weighted by molar-refractivity contribution is 7.99. The fourth-order valence-electron chi connectivity index (χ4n) is 3.18. The standard InChI is InChI=1S/C24H31ClN2O2S/c1-4-14-26-24(29)22(5-2)27(15-20-9-7-6-8-18(20)3)23(28)17-30-16-19-10-12-21(25)13-11-19/h6-13,22H,4-5,14-17H2,1-3H3,(H,26,29)/t22-/m1/s1. The van der Waals surface area contributed by atoms with Gasteiger partial charge in [-0.1, -0.05) is 61.8 Å². The minimum absolute atomic E-state index is 0.0179. The molecule has 6 heteroatoms. The van der Waals surface area contributed by atoms with E-state index < -0.39 is 6.04 Å². The summed E-state index contributed by atoms with van der Waals surface area (Å²) in [7, 11) is 0. The first-order valence-corrected chi connectivity index (χ1v) is 11.9. The number of nitrogens with one attached hydrogen (secondary N) is 1. The minimum Gasteiger partial charge on any atom is -0.354 e. The van der Waals surface area contributed by atoms with E-state index in [-0.39, 0.29) is 11.8 Å². The Bertz CT molecular complexity index is 826. The van der Waals surface area contributed by atoms with Gasteiger partial charge in [0.25, 0.3) is 0 Å². The zero-order chi connectivity index (χ0) is 21.9. The molecule has 0 aliphatic heterocycles. The molecule has 0 saturated heterocycles. The maximum absolute atomic E-state index is 13.2. The van der Waals surface area contributed by atoms with Crippen LogP contribution in [0.4, 0.5) is 0 Å². The number of amides is 2. The highest BCUT2D eigenvalue weighted by atomic mass is 35.5. The minimum atomic E-state index is -0.472. The van der Waals surface area contributed by atoms with Crippen LogP contribution in [0.5, 0.6) is 0 Å². The topological polar surface area (TPSA) is 49.4 Å². The quantitative estimate of drug-likeness (QED) is 0.515. The third-order valence-corrected chi connectivity index (χ3v) is 6.19. The molecule has 1 N–H and O–H groups in total. The van der Waals surface area contributed by atoms with Gasteiger partial charge in [-0.25, -0.2) is 0 Å². The molecule has 0 heterocycles. The van der Waals surface area contributed by atoms with E-state index in [1.807, 2.05) is 69.3 Å². The Labute approximate surface area is 189 Å². The number of thioether (sulfide) groups is 1. The molecule has 0 radical (unpaired) electrons. The summed E-state index contributed by atoms with van der Waals surface area (Å²) >= 11 is 7.49. The zero-order valence-corrected chi connectivity index (χ0v) is 19.6. The van der Waals surface area contributed by atoms with Crippen LogP contribution in [0, 0.1) is 6.92 Å². The number of benzene rings is 2. The molecule has 1 atom stereocenters. The third kappa shape index (κ3) is 7.37. The molecule has 162 valence electrons. The van der Waals surface area contributed by atoms with Crippen LogP contribution in [0.3, 0.4) is 0 Å². The zero-order valence-electron chi connectivity index (χ0n) is 18.0. The molecule has 2 amide bonds. The monoisotopic (exact) mass is 446 g/mol. The van der Waals surface area contributed by atoms with E-state index in [2.05, 4.69) is 5.32 Å². The van der Waals surface area contributed by atoms with E-state index in [0.29, 0.717) is 30.3 Å². The predicted octanol–water partition coefficient (Wildman–Crippen LogP) is 5.22. The maximum Gasteiger partial charge on any atom is 0.242 e. The SMILES string of the molecule is CCCNC(=O)[C@@H](CC)N(Cc1ccccc1C)C(=O)CSCc1ccc(Cl)cc1. The van der Waals surface area contributed by atoms with Crippen LogP contribution >= 0.6 is 23.4 Å². The van der Waals surface area contributed by atoms with Crippen LogP contribution in [-0.2, 0) is 21.9 Å². The van der Waals surface area contributed by atoms with Crippen LogP contribution in [0.1, 0.15) is 43.4 Å². The summed E-state index contributed by atoms with van der Waals surface area (Å²) in [4.78, 5) is 27.7. The van der Waals surface area contributed by atoms with E-state index in [9.17, 15) is 9.59 Å². The summed E-state index contributed by atoms with van der Waals surface area (Å²) < 4.78 is 0. The number of hydrogen-bond acceptors (Lipinski definition) is 3. The van der Waals surface area contributed by atoms with Crippen LogP contribution in [0.2, 0.25) is 5.02 Å². The molecule has 0 aromatic heterocycles. The van der Waals surface area contributed by atoms with Gasteiger partial charge in [0.1, 0.15) is 6.04 Å². The maximum atomic E-state index is 13.2. The van der Waals surface area contributed by atoms with Crippen molar-refractivity contribution >= 4 is 35.2 Å². The molecule has 2 aromatic carbocycles. The van der Waals surface area contributed by atoms with Crippen LogP contribution in [-0.4, -0.2) is 35.1 Å². The smallest absolute Gasteiger partial charge is 0.242 e. The van der Waals surface area contributed by atoms with Crippen molar-refractivity contribution in [3.63, 3.8) is 0 Å². The molecule has 2 rings (SSSR count). The largest absolute Gasteiger partial charge is 0.354 e. The van der Waals surface area contributed by atoms with Crippen molar-refractivity contribution in [2.75, 3.05) is 12.3 Å². The van der Waals surface area contributed by atoms with Gasteiger partial charge in [-0.3, -0.25) is 9.59 Å². The Balaban J connectivity index is 2.11. The molecular formula is C24H31ClN2O2S. The number of halogens is 1. The number of carbonyl (C=O) groups is 2. The van der Waals surface area contributed by atoms with Crippen molar-refractivity contribution < 1.29 is 9.59 Å². The van der Waals surface area contributed by atoms with Gasteiger partial charge in [0.2, 0.25) is 11.8 Å². The number of rotatable bonds is 11. The summed E-state index contributed by atoms with van der Waals surface area (Å²) in [6, 6.07) is 15.2. The first-order valence-electron chi connectivity index (χ1n) is 10.4. The Morgan fingerprint density at radius 2 is 1.80 bits per heavy atom. The molecule has 0 unspecified atom stereocenters. The van der Waals surface area contributed by atoms with Crippen molar-refractivity contribution in [1.29, 1.82) is 0 Å². The number of nitrogens with zero attached hydrogens (tertiary/aromatic N) is 1. The summed E-state index contributed by atoms with van der Waals surface area (Å²) in [5, 5.41) is 3.66. The number of carbonyl (C=O) groups excluding carboxylic acids is 2. The van der Waals surface area contributed by atoms with Gasteiger partial charge in [0, 0.05) is 23.9 Å². The van der Waals surface area contributed by atoms with Crippen LogP contribution < -0.4 is 5.32 Å². The van der Waals surface area contributed by atoms with Gasteiger partial charge >= 0.3 is 0 Å². The lowest BCUT2D eigenvalue weighted by molar-refractivity contribution is -0.139. The lowest BCUT2D eigenvalue weighted by atomic mass is 10.1. The lowest BCUT2D eigenvalue weighted by Crippen LogP contribution is -2.49. The Morgan fingerprint density at radius 3 is 2.43 bits per heavy atom. The van der Waals surface area contributed by atoms with Crippen molar-refractivity contribution in [2.45, 2.75) is 52.0 Å². The van der Waals surface area contributed by atoms with Gasteiger partial charge in [-0.2, -0.15) is 0 Å². The van der Waals surface area contributed by atoms with Crippen LogP contribution in [0.25, 0.3) is 0 Å². The molecule has 0 fully saturated rings. The fourth-order valence-corrected chi connectivity index (χ4v) is 4.17. The first-order chi connectivity index (χ1) is 14.5. The van der Waals surface area contributed by atoms with Gasteiger partial charge in [0.15, 0.2) is 0 Å². The van der Waals surface area contributed by atoms with Gasteiger partial charge in [-0.05, 0) is 48.6 Å². The second-order valence-electron chi connectivity index (χ2n) is 7.28. The predicted molar refractivity (Wildman–Crippen MR) is 127 cm³/mol. The molecule has 0 spiro atoms. The molecule has 2 aromatic rings. The molecule has 0 saturated carbocycles. The number of hydrogen-bond donors (Lipinski definition) is 1. The number of aryl methyl sites for hydroxylation is 1. The first kappa shape index (κ1) is 24.3. The highest BCUT2D eigenvalue weighted by Crippen LogP contribution is 2.19. The Morgan fingerprint density at radius 1 is 1.10 bits per heavy atom. The molecule has 30 heavy (non-hydrogen) atoms. The van der Waals surface area contributed by atoms with E-state index >= 15 is 0 Å². The average molecular weight is 447 g/mol. The van der Waals surface area contributed by atoms with Gasteiger partial charge < -0.3 is 10.2 Å². The van der Waals surface area contributed by atoms with E-state index in [1.54, 1.807) is 16.7 Å². The fraction of sp³-hybridized carbons (Fsp3) is 0.417. The Kier molecular flexibility index (Phi) is 10.2. The highest BCUT2D eigenvalue weighted by Gasteiger charge is 2.28. The van der Waals surface area contributed by atoms with Crippen molar-refractivity contribution in [3.05, 3.63) is 70.2 Å². The summed E-state index contributed by atoms with van der Waals surface area (Å²) in [6.45, 7) is 7.06. The lowest BCUT2D eigenvalue weighted by Gasteiger charge is -2.31. The van der Waals surface area contributed by atoms with Gasteiger partial charge in [0.05, 0.1) is 5.75 Å². The molecule has 0 aliphatic carbocycles. The molecule has 0 aliphatic rings. The van der Waals surface area contributed by atoms with Crippen molar-refractivity contribution in [1.82, 2.24) is 10.2 Å². The molecular weight excluding hydrogens is 416 g/mol. The molecule has 0 bridgehead atoms. The molecule has 4 nitrogen and oxygen atoms in total. The van der Waals surface area contributed by atoms with E-state index in [0.717, 1.165) is 28.9 Å². The summed E-state index contributed by atoms with van der Waals surface area (Å²) in [5.41, 5.74) is 3.30. The normalized spacial score (nSPS) is 11.7. The van der Waals surface area contributed by atoms with Crippen LogP contribution in [0.15, 0.2) is 48.5 Å². The van der Waals surface area contributed by atoms with E-state index in [1.165, 1.54) is 0 Å². The second-order valence-corrected chi connectivity index (χ2v) is 8.70. The van der Waals surface area contributed by atoms with Gasteiger partial charge in [-0.15, -0.1) is 11.8 Å².